The summed E-state index contributed by atoms with van der Waals surface area (Å²) in [6, 6.07) is -0.0852. The molecule has 2 heterocycles. The number of hydrogen-bond acceptors (Lipinski definition) is 6. The summed E-state index contributed by atoms with van der Waals surface area (Å²) < 4.78 is 0. The third kappa shape index (κ3) is 3.34. The van der Waals surface area contributed by atoms with Gasteiger partial charge in [0.2, 0.25) is 5.91 Å². The average Bonchev–Trinajstić information content (AvgIpc) is 2.81. The molecule has 7 heteroatoms. The molecule has 3 N–H and O–H groups in total. The molecule has 2 aromatic heterocycles. The molecule has 1 unspecified atom stereocenters. The smallest absolute Gasteiger partial charge is 0.225 e. The fraction of sp³-hybridized carbons (Fsp3) is 0.462. The Labute approximate surface area is 126 Å². The Bertz CT molecular complexity index is 632. The fourth-order valence-corrected chi connectivity index (χ4v) is 3.81. The van der Waals surface area contributed by atoms with Crippen molar-refractivity contribution in [3.63, 3.8) is 0 Å². The maximum atomic E-state index is 12.1. The first-order valence-corrected chi connectivity index (χ1v) is 7.95. The van der Waals surface area contributed by atoms with E-state index in [4.69, 9.17) is 5.73 Å². The molecule has 0 aliphatic rings. The first kappa shape index (κ1) is 14.9. The number of nitrogens with zero attached hydrogens (tertiary/aromatic N) is 2. The molecule has 2 rings (SSSR count). The summed E-state index contributed by atoms with van der Waals surface area (Å²) >= 11 is 3.01. The number of anilines is 1. The first-order chi connectivity index (χ1) is 9.36. The number of thiazole rings is 2. The summed E-state index contributed by atoms with van der Waals surface area (Å²) in [5, 5.41) is 4.50. The minimum absolute atomic E-state index is 0.0331. The van der Waals surface area contributed by atoms with Gasteiger partial charge in [-0.1, -0.05) is 0 Å². The van der Waals surface area contributed by atoms with Gasteiger partial charge in [-0.3, -0.25) is 4.79 Å². The lowest BCUT2D eigenvalue weighted by molar-refractivity contribution is -0.121. The Hall–Kier alpha value is -1.47. The molecule has 0 aliphatic heterocycles. The lowest BCUT2D eigenvalue weighted by atomic mass is 10.2. The van der Waals surface area contributed by atoms with Crippen LogP contribution in [0.25, 0.3) is 0 Å². The largest absolute Gasteiger partial charge is 0.375 e. The maximum absolute atomic E-state index is 12.1. The number of nitrogens with one attached hydrogen (secondary N) is 1. The zero-order chi connectivity index (χ0) is 14.9. The number of hydrogen-bond donors (Lipinski definition) is 2. The van der Waals surface area contributed by atoms with Gasteiger partial charge in [0, 0.05) is 9.75 Å². The molecule has 2 aromatic rings. The molecule has 1 atom stereocenters. The van der Waals surface area contributed by atoms with Gasteiger partial charge in [0.1, 0.15) is 0 Å². The quantitative estimate of drug-likeness (QED) is 0.909. The number of nitrogen functional groups attached to an aromatic ring is 1. The lowest BCUT2D eigenvalue weighted by Gasteiger charge is -2.12. The van der Waals surface area contributed by atoms with Crippen LogP contribution in [0.5, 0.6) is 0 Å². The molecule has 1 amide bonds. The molecule has 0 radical (unpaired) electrons. The Morgan fingerprint density at radius 1 is 1.30 bits per heavy atom. The summed E-state index contributed by atoms with van der Waals surface area (Å²) in [4.78, 5) is 22.7. The van der Waals surface area contributed by atoms with Crippen LogP contribution in [-0.4, -0.2) is 15.9 Å². The third-order valence-corrected chi connectivity index (χ3v) is 4.85. The highest BCUT2D eigenvalue weighted by molar-refractivity contribution is 7.15. The molecule has 0 fully saturated rings. The van der Waals surface area contributed by atoms with Gasteiger partial charge in [-0.25, -0.2) is 9.97 Å². The molecule has 0 aromatic carbocycles. The number of carbonyl (C=O) groups excluding carboxylic acids is 1. The highest BCUT2D eigenvalue weighted by Gasteiger charge is 2.17. The second kappa shape index (κ2) is 5.88. The second-order valence-corrected chi connectivity index (χ2v) is 7.22. The van der Waals surface area contributed by atoms with Crippen molar-refractivity contribution >= 4 is 33.7 Å². The first-order valence-electron chi connectivity index (χ1n) is 6.32. The molecule has 20 heavy (non-hydrogen) atoms. The van der Waals surface area contributed by atoms with Crippen molar-refractivity contribution in [1.82, 2.24) is 15.3 Å². The standard InChI is InChI=1S/C13H18N4OS2/c1-6-10(20-13(14)16-6)5-11(18)15-7(2)12-8(3)19-9(4)17-12/h7H,5H2,1-4H3,(H2,14,16)(H,15,18). The lowest BCUT2D eigenvalue weighted by Crippen LogP contribution is -2.28. The molecule has 0 aliphatic carbocycles. The molecule has 0 spiro atoms. The van der Waals surface area contributed by atoms with E-state index in [-0.39, 0.29) is 11.9 Å². The van der Waals surface area contributed by atoms with E-state index >= 15 is 0 Å². The van der Waals surface area contributed by atoms with Crippen LogP contribution in [0.2, 0.25) is 0 Å². The van der Waals surface area contributed by atoms with E-state index < -0.39 is 0 Å². The molecule has 108 valence electrons. The highest BCUT2D eigenvalue weighted by Crippen LogP contribution is 2.23. The number of carbonyl (C=O) groups is 1. The van der Waals surface area contributed by atoms with E-state index in [1.54, 1.807) is 11.3 Å². The summed E-state index contributed by atoms with van der Waals surface area (Å²) in [5.41, 5.74) is 7.41. The van der Waals surface area contributed by atoms with Crippen LogP contribution < -0.4 is 11.1 Å². The minimum Gasteiger partial charge on any atom is -0.375 e. The number of aryl methyl sites for hydroxylation is 3. The van der Waals surface area contributed by atoms with E-state index in [0.717, 1.165) is 26.1 Å². The van der Waals surface area contributed by atoms with Crippen LogP contribution in [0.3, 0.4) is 0 Å². The van der Waals surface area contributed by atoms with Gasteiger partial charge in [-0.2, -0.15) is 0 Å². The van der Waals surface area contributed by atoms with E-state index in [0.29, 0.717) is 11.6 Å². The average molecular weight is 310 g/mol. The van der Waals surface area contributed by atoms with E-state index in [1.165, 1.54) is 11.3 Å². The van der Waals surface area contributed by atoms with Crippen molar-refractivity contribution in [2.45, 2.75) is 40.2 Å². The van der Waals surface area contributed by atoms with Gasteiger partial charge in [0.25, 0.3) is 0 Å². The minimum atomic E-state index is -0.0852. The zero-order valence-electron chi connectivity index (χ0n) is 12.0. The normalized spacial score (nSPS) is 12.4. The summed E-state index contributed by atoms with van der Waals surface area (Å²) in [5.74, 6) is -0.0331. The number of amides is 1. The highest BCUT2D eigenvalue weighted by atomic mass is 32.1. The van der Waals surface area contributed by atoms with Gasteiger partial charge in [-0.05, 0) is 27.7 Å². The predicted octanol–water partition coefficient (Wildman–Crippen LogP) is 2.53. The molecule has 0 saturated heterocycles. The van der Waals surface area contributed by atoms with Crippen LogP contribution in [0, 0.1) is 20.8 Å². The van der Waals surface area contributed by atoms with Crippen molar-refractivity contribution in [3.8, 4) is 0 Å². The van der Waals surface area contributed by atoms with Gasteiger partial charge in [0.15, 0.2) is 5.13 Å². The number of aromatic nitrogens is 2. The van der Waals surface area contributed by atoms with Crippen molar-refractivity contribution in [1.29, 1.82) is 0 Å². The topological polar surface area (TPSA) is 80.9 Å². The van der Waals surface area contributed by atoms with Crippen LogP contribution in [0.1, 0.15) is 39.1 Å². The van der Waals surface area contributed by atoms with E-state index in [2.05, 4.69) is 15.3 Å². The zero-order valence-corrected chi connectivity index (χ0v) is 13.6. The number of nitrogens with two attached hydrogens (primary N) is 1. The summed E-state index contributed by atoms with van der Waals surface area (Å²) in [6.07, 6.45) is 0.313. The van der Waals surface area contributed by atoms with Crippen LogP contribution >= 0.6 is 22.7 Å². The van der Waals surface area contributed by atoms with Crippen molar-refractivity contribution in [2.75, 3.05) is 5.73 Å². The van der Waals surface area contributed by atoms with Crippen LogP contribution in [-0.2, 0) is 11.2 Å². The van der Waals surface area contributed by atoms with Crippen LogP contribution in [0.4, 0.5) is 5.13 Å². The van der Waals surface area contributed by atoms with E-state index in [1.807, 2.05) is 27.7 Å². The number of rotatable bonds is 4. The van der Waals surface area contributed by atoms with E-state index in [9.17, 15) is 4.79 Å². The monoisotopic (exact) mass is 310 g/mol. The SMILES string of the molecule is Cc1nc(C(C)NC(=O)Cc2sc(N)nc2C)c(C)s1. The Morgan fingerprint density at radius 2 is 2.00 bits per heavy atom. The summed E-state index contributed by atoms with van der Waals surface area (Å²) in [7, 11) is 0. The predicted molar refractivity (Wildman–Crippen MR) is 83.1 cm³/mol. The van der Waals surface area contributed by atoms with Crippen molar-refractivity contribution < 1.29 is 4.79 Å². The Kier molecular flexibility index (Phi) is 4.39. The summed E-state index contributed by atoms with van der Waals surface area (Å²) in [6.45, 7) is 7.82. The Morgan fingerprint density at radius 3 is 2.50 bits per heavy atom. The van der Waals surface area contributed by atoms with Crippen LogP contribution in [0.15, 0.2) is 0 Å². The second-order valence-electron chi connectivity index (χ2n) is 4.70. The molecular formula is C13H18N4OS2. The van der Waals surface area contributed by atoms with Gasteiger partial charge in [-0.15, -0.1) is 22.7 Å². The fourth-order valence-electron chi connectivity index (χ4n) is 2.07. The molecule has 0 bridgehead atoms. The van der Waals surface area contributed by atoms with Gasteiger partial charge in [0.05, 0.1) is 28.9 Å². The van der Waals surface area contributed by atoms with Crippen molar-refractivity contribution in [2.24, 2.45) is 0 Å². The molecule has 0 saturated carbocycles. The van der Waals surface area contributed by atoms with Gasteiger partial charge < -0.3 is 11.1 Å². The van der Waals surface area contributed by atoms with Crippen molar-refractivity contribution in [3.05, 3.63) is 26.1 Å². The Balaban J connectivity index is 2.01. The molecular weight excluding hydrogens is 292 g/mol. The maximum Gasteiger partial charge on any atom is 0.225 e. The molecule has 5 nitrogen and oxygen atoms in total. The van der Waals surface area contributed by atoms with Gasteiger partial charge >= 0.3 is 0 Å². The third-order valence-electron chi connectivity index (χ3n) is 2.96.